The van der Waals surface area contributed by atoms with Crippen molar-refractivity contribution in [2.75, 3.05) is 31.6 Å². The van der Waals surface area contributed by atoms with E-state index in [9.17, 15) is 14.3 Å². The van der Waals surface area contributed by atoms with Crippen molar-refractivity contribution >= 4 is 17.2 Å². The van der Waals surface area contributed by atoms with Crippen LogP contribution in [0.3, 0.4) is 0 Å². The van der Waals surface area contributed by atoms with Gasteiger partial charge >= 0.3 is 0 Å². The zero-order valence-electron chi connectivity index (χ0n) is 19.4. The summed E-state index contributed by atoms with van der Waals surface area (Å²) < 4.78 is 13.8. The minimum Gasteiger partial charge on any atom is -0.369 e. The lowest BCUT2D eigenvalue weighted by Crippen LogP contribution is -2.32. The highest BCUT2D eigenvalue weighted by atomic mass is 19.1. The van der Waals surface area contributed by atoms with E-state index in [-0.39, 0.29) is 11.7 Å². The Morgan fingerprint density at radius 2 is 2.06 bits per heavy atom. The van der Waals surface area contributed by atoms with E-state index in [0.29, 0.717) is 29.0 Å². The third-order valence-corrected chi connectivity index (χ3v) is 6.29. The van der Waals surface area contributed by atoms with Crippen LogP contribution in [0.5, 0.6) is 0 Å². The molecule has 3 N–H and O–H groups in total. The van der Waals surface area contributed by atoms with Gasteiger partial charge < -0.3 is 15.3 Å². The molecular weight excluding hydrogens is 409 g/mol. The Morgan fingerprint density at radius 3 is 2.78 bits per heavy atom. The van der Waals surface area contributed by atoms with Crippen molar-refractivity contribution in [3.8, 4) is 0 Å². The summed E-state index contributed by atoms with van der Waals surface area (Å²) in [5.41, 5.74) is 8.01. The fourth-order valence-corrected chi connectivity index (χ4v) is 4.36. The molecule has 0 radical (unpaired) electrons. The number of amides is 1. The van der Waals surface area contributed by atoms with Crippen LogP contribution in [-0.4, -0.2) is 48.4 Å². The number of nitrogens with one attached hydrogen (secondary N) is 2. The Kier molecular flexibility index (Phi) is 8.23. The first kappa shape index (κ1) is 24.2. The minimum atomic E-state index is -0.916. The third kappa shape index (κ3) is 5.46. The number of allylic oxidation sites excluding steroid dienone is 3. The molecular formula is C25H34FN3O3. The predicted octanol–water partition coefficient (Wildman–Crippen LogP) is 4.16. The molecule has 2 aliphatic rings. The summed E-state index contributed by atoms with van der Waals surface area (Å²) in [4.78, 5) is 20.7. The Morgan fingerprint density at radius 1 is 1.31 bits per heavy atom. The van der Waals surface area contributed by atoms with Crippen molar-refractivity contribution in [3.63, 3.8) is 0 Å². The zero-order valence-corrected chi connectivity index (χ0v) is 19.4. The van der Waals surface area contributed by atoms with Gasteiger partial charge in [0.05, 0.1) is 6.61 Å². The molecule has 0 saturated heterocycles. The van der Waals surface area contributed by atoms with E-state index in [2.05, 4.69) is 29.5 Å². The van der Waals surface area contributed by atoms with Crippen molar-refractivity contribution in [2.24, 2.45) is 0 Å². The van der Waals surface area contributed by atoms with Crippen molar-refractivity contribution < 1.29 is 19.1 Å². The molecule has 0 saturated carbocycles. The Labute approximate surface area is 189 Å². The zero-order chi connectivity index (χ0) is 23.3. The van der Waals surface area contributed by atoms with Gasteiger partial charge in [-0.1, -0.05) is 25.5 Å². The Balaban J connectivity index is 1.81. The van der Waals surface area contributed by atoms with Gasteiger partial charge in [0.1, 0.15) is 5.82 Å². The smallest absolute Gasteiger partial charge is 0.275 e. The van der Waals surface area contributed by atoms with Crippen LogP contribution in [0, 0.1) is 5.82 Å². The molecule has 32 heavy (non-hydrogen) atoms. The van der Waals surface area contributed by atoms with Crippen molar-refractivity contribution in [2.45, 2.75) is 53.2 Å². The van der Waals surface area contributed by atoms with E-state index in [1.807, 2.05) is 19.9 Å². The predicted molar refractivity (Wildman–Crippen MR) is 125 cm³/mol. The van der Waals surface area contributed by atoms with Gasteiger partial charge in [-0.2, -0.15) is 0 Å². The molecule has 1 amide bonds. The molecule has 174 valence electrons. The average molecular weight is 444 g/mol. The summed E-state index contributed by atoms with van der Waals surface area (Å²) in [6, 6.07) is 4.42. The number of nitrogens with zero attached hydrogens (tertiary/aromatic N) is 1. The van der Waals surface area contributed by atoms with Gasteiger partial charge in [0, 0.05) is 28.9 Å². The summed E-state index contributed by atoms with van der Waals surface area (Å²) >= 11 is 0. The number of anilines is 1. The maximum Gasteiger partial charge on any atom is 0.275 e. The van der Waals surface area contributed by atoms with Gasteiger partial charge in [-0.05, 0) is 75.5 Å². The third-order valence-electron chi connectivity index (χ3n) is 6.29. The summed E-state index contributed by atoms with van der Waals surface area (Å²) in [7, 11) is 0. The van der Waals surface area contributed by atoms with Gasteiger partial charge in [0.15, 0.2) is 6.23 Å². The molecule has 1 aliphatic heterocycles. The summed E-state index contributed by atoms with van der Waals surface area (Å²) in [5, 5.41) is 13.5. The molecule has 1 unspecified atom stereocenters. The SMILES string of the molecule is CCN(CC)CCONC(=O)C1=C(C)CCCC(/C=C2/c3cc(F)ccc3NC2O)=C1C. The number of hydrogen-bond acceptors (Lipinski definition) is 5. The van der Waals surface area contributed by atoms with Crippen LogP contribution in [0.1, 0.15) is 52.5 Å². The van der Waals surface area contributed by atoms with Crippen LogP contribution in [0.15, 0.2) is 46.6 Å². The lowest BCUT2D eigenvalue weighted by Gasteiger charge is -2.18. The second-order valence-corrected chi connectivity index (χ2v) is 8.30. The monoisotopic (exact) mass is 443 g/mol. The number of rotatable bonds is 8. The first-order valence-corrected chi connectivity index (χ1v) is 11.4. The lowest BCUT2D eigenvalue weighted by molar-refractivity contribution is -0.129. The highest BCUT2D eigenvalue weighted by Crippen LogP contribution is 2.38. The number of aliphatic hydroxyl groups is 1. The van der Waals surface area contributed by atoms with E-state index in [0.717, 1.165) is 55.6 Å². The van der Waals surface area contributed by atoms with E-state index < -0.39 is 6.23 Å². The highest BCUT2D eigenvalue weighted by Gasteiger charge is 2.27. The number of hydrogen-bond donors (Lipinski definition) is 3. The molecule has 1 heterocycles. The molecule has 3 rings (SSSR count). The van der Waals surface area contributed by atoms with Crippen molar-refractivity contribution in [1.82, 2.24) is 10.4 Å². The Bertz CT molecular complexity index is 948. The molecule has 1 atom stereocenters. The lowest BCUT2D eigenvalue weighted by atomic mass is 9.95. The first-order chi connectivity index (χ1) is 15.3. The van der Waals surface area contributed by atoms with Gasteiger partial charge in [-0.15, -0.1) is 0 Å². The minimum absolute atomic E-state index is 0.256. The van der Waals surface area contributed by atoms with E-state index in [4.69, 9.17) is 4.84 Å². The van der Waals surface area contributed by atoms with E-state index >= 15 is 0 Å². The number of halogens is 1. The van der Waals surface area contributed by atoms with Crippen LogP contribution in [0.4, 0.5) is 10.1 Å². The summed E-state index contributed by atoms with van der Waals surface area (Å²) in [6.07, 6.45) is 3.44. The molecule has 1 aliphatic carbocycles. The number of carbonyl (C=O) groups is 1. The molecule has 0 aromatic heterocycles. The second-order valence-electron chi connectivity index (χ2n) is 8.30. The van der Waals surface area contributed by atoms with Crippen LogP contribution < -0.4 is 10.8 Å². The Hall–Kier alpha value is -2.48. The molecule has 1 aromatic carbocycles. The van der Waals surface area contributed by atoms with E-state index in [1.54, 1.807) is 6.07 Å². The van der Waals surface area contributed by atoms with Crippen LogP contribution in [-0.2, 0) is 9.63 Å². The molecule has 7 heteroatoms. The second kappa shape index (κ2) is 10.9. The topological polar surface area (TPSA) is 73.8 Å². The van der Waals surface area contributed by atoms with Crippen LogP contribution in [0.25, 0.3) is 5.57 Å². The fourth-order valence-electron chi connectivity index (χ4n) is 4.36. The first-order valence-electron chi connectivity index (χ1n) is 11.4. The maximum absolute atomic E-state index is 13.8. The van der Waals surface area contributed by atoms with Crippen molar-refractivity contribution in [1.29, 1.82) is 0 Å². The number of carbonyl (C=O) groups excluding carboxylic acids is 1. The summed E-state index contributed by atoms with van der Waals surface area (Å²) in [6.45, 7) is 11.1. The van der Waals surface area contributed by atoms with Gasteiger partial charge in [-0.3, -0.25) is 9.63 Å². The molecule has 0 bridgehead atoms. The number of fused-ring (bicyclic) bond motifs is 1. The molecule has 6 nitrogen and oxygen atoms in total. The van der Waals surface area contributed by atoms with Gasteiger partial charge in [-0.25, -0.2) is 9.87 Å². The quantitative estimate of drug-likeness (QED) is 0.416. The number of benzene rings is 1. The highest BCUT2D eigenvalue weighted by molar-refractivity contribution is 5.98. The van der Waals surface area contributed by atoms with Gasteiger partial charge in [0.2, 0.25) is 0 Å². The average Bonchev–Trinajstić information content (AvgIpc) is 2.99. The van der Waals surface area contributed by atoms with Crippen LogP contribution in [0.2, 0.25) is 0 Å². The number of aliphatic hydroxyl groups excluding tert-OH is 1. The maximum atomic E-state index is 13.8. The largest absolute Gasteiger partial charge is 0.369 e. The van der Waals surface area contributed by atoms with E-state index in [1.165, 1.54) is 12.1 Å². The summed E-state index contributed by atoms with van der Waals surface area (Å²) in [5.74, 6) is -0.608. The number of hydroxylamine groups is 1. The van der Waals surface area contributed by atoms with Crippen molar-refractivity contribution in [3.05, 3.63) is 57.9 Å². The standard InChI is InChI=1S/C25H34FN3O3/c1-5-29(6-2)12-13-32-28-25(31)23-16(3)8-7-9-18(17(23)4)14-21-20-15-19(26)10-11-22(20)27-24(21)30/h10-11,14-15,24,27,30H,5-9,12-13H2,1-4H3,(H,28,31)/b21-14-. The normalized spacial score (nSPS) is 20.0. The fraction of sp³-hybridized carbons (Fsp3) is 0.480. The molecule has 0 fully saturated rings. The molecule has 0 spiro atoms. The number of likely N-dealkylation sites (N-methyl/N-ethyl adjacent to an activating group) is 1. The van der Waals surface area contributed by atoms with Crippen LogP contribution >= 0.6 is 0 Å². The molecule has 1 aromatic rings. The van der Waals surface area contributed by atoms with Gasteiger partial charge in [0.25, 0.3) is 5.91 Å².